The van der Waals surface area contributed by atoms with E-state index in [0.717, 1.165) is 12.1 Å². The topological polar surface area (TPSA) is 80.7 Å². The molecule has 1 amide bonds. The number of rotatable bonds is 6. The Labute approximate surface area is 174 Å². The summed E-state index contributed by atoms with van der Waals surface area (Å²) in [7, 11) is 0. The molecule has 2 aromatic carbocycles. The van der Waals surface area contributed by atoms with Gasteiger partial charge in [-0.05, 0) is 36.8 Å². The molecular weight excluding hydrogens is 420 g/mol. The highest BCUT2D eigenvalue weighted by molar-refractivity contribution is 5.87. The Bertz CT molecular complexity index is 1100. The first-order valence-corrected chi connectivity index (χ1v) is 9.14. The maximum atomic E-state index is 13.3. The Kier molecular flexibility index (Phi) is 6.59. The number of amides is 1. The molecule has 0 aliphatic carbocycles. The van der Waals surface area contributed by atoms with E-state index in [1.54, 1.807) is 6.07 Å². The Morgan fingerprint density at radius 1 is 1.19 bits per heavy atom. The summed E-state index contributed by atoms with van der Waals surface area (Å²) in [6, 6.07) is 8.61. The van der Waals surface area contributed by atoms with Crippen molar-refractivity contribution in [2.24, 2.45) is 0 Å². The Morgan fingerprint density at radius 2 is 1.97 bits per heavy atom. The van der Waals surface area contributed by atoms with Gasteiger partial charge in [0.05, 0.1) is 17.7 Å². The van der Waals surface area contributed by atoms with Gasteiger partial charge in [-0.3, -0.25) is 0 Å². The van der Waals surface area contributed by atoms with E-state index in [-0.39, 0.29) is 36.9 Å². The van der Waals surface area contributed by atoms with Gasteiger partial charge in [0, 0.05) is 17.5 Å². The van der Waals surface area contributed by atoms with Gasteiger partial charge in [0.2, 0.25) is 0 Å². The molecule has 0 bridgehead atoms. The highest BCUT2D eigenvalue weighted by atomic mass is 19.4. The van der Waals surface area contributed by atoms with Gasteiger partial charge in [-0.2, -0.15) is 13.2 Å². The van der Waals surface area contributed by atoms with Crippen molar-refractivity contribution >= 4 is 17.0 Å². The lowest BCUT2D eigenvalue weighted by Gasteiger charge is -2.16. The molecule has 0 unspecified atom stereocenters. The molecular formula is C21H18F4N2O4. The SMILES string of the molecule is Cc1c(OC(=O)NCc2cccc(F)c2)c(OCCO)nc2cc(C(F)(F)F)ccc12. The molecule has 2 N–H and O–H groups in total. The number of halogens is 4. The van der Waals surface area contributed by atoms with Crippen molar-refractivity contribution in [3.05, 3.63) is 65.0 Å². The first-order chi connectivity index (χ1) is 14.7. The third-order valence-corrected chi connectivity index (χ3v) is 4.34. The Morgan fingerprint density at radius 3 is 2.65 bits per heavy atom. The predicted octanol–water partition coefficient (Wildman–Crippen LogP) is 4.36. The maximum absolute atomic E-state index is 13.3. The minimum atomic E-state index is -4.55. The lowest BCUT2D eigenvalue weighted by Crippen LogP contribution is -2.27. The fraction of sp³-hybridized carbons (Fsp3) is 0.238. The number of nitrogens with zero attached hydrogens (tertiary/aromatic N) is 1. The molecule has 0 saturated heterocycles. The van der Waals surface area contributed by atoms with E-state index in [0.29, 0.717) is 16.5 Å². The number of aryl methyl sites for hydroxylation is 1. The standard InChI is InChI=1S/C21H18F4N2O4/c1-12-16-6-5-14(21(23,24)25)10-17(16)27-19(30-8-7-28)18(12)31-20(29)26-11-13-3-2-4-15(22)9-13/h2-6,9-10,28H,7-8,11H2,1H3,(H,26,29). The van der Waals surface area contributed by atoms with Gasteiger partial charge >= 0.3 is 12.3 Å². The van der Waals surface area contributed by atoms with Gasteiger partial charge in [-0.15, -0.1) is 0 Å². The second-order valence-electron chi connectivity index (χ2n) is 6.55. The van der Waals surface area contributed by atoms with Crippen LogP contribution in [0.25, 0.3) is 10.9 Å². The third kappa shape index (κ3) is 5.40. The van der Waals surface area contributed by atoms with E-state index < -0.39 is 23.7 Å². The van der Waals surface area contributed by atoms with Crippen molar-refractivity contribution in [1.82, 2.24) is 10.3 Å². The number of pyridine rings is 1. The molecule has 0 radical (unpaired) electrons. The van der Waals surface area contributed by atoms with E-state index >= 15 is 0 Å². The summed E-state index contributed by atoms with van der Waals surface area (Å²) in [5, 5.41) is 11.8. The minimum Gasteiger partial charge on any atom is -0.473 e. The quantitative estimate of drug-likeness (QED) is 0.559. The van der Waals surface area contributed by atoms with Gasteiger partial charge in [0.25, 0.3) is 5.88 Å². The van der Waals surface area contributed by atoms with E-state index in [9.17, 15) is 22.4 Å². The summed E-state index contributed by atoms with van der Waals surface area (Å²) >= 11 is 0. The Balaban J connectivity index is 1.89. The zero-order valence-electron chi connectivity index (χ0n) is 16.3. The predicted molar refractivity (Wildman–Crippen MR) is 103 cm³/mol. The van der Waals surface area contributed by atoms with Crippen molar-refractivity contribution in [2.75, 3.05) is 13.2 Å². The largest absolute Gasteiger partial charge is 0.473 e. The van der Waals surface area contributed by atoms with E-state index in [1.165, 1.54) is 31.2 Å². The lowest BCUT2D eigenvalue weighted by atomic mass is 10.1. The summed E-state index contributed by atoms with van der Waals surface area (Å²) < 4.78 is 62.9. The summed E-state index contributed by atoms with van der Waals surface area (Å²) in [6.07, 6.45) is -5.45. The fourth-order valence-corrected chi connectivity index (χ4v) is 2.87. The fourth-order valence-electron chi connectivity index (χ4n) is 2.87. The highest BCUT2D eigenvalue weighted by Crippen LogP contribution is 2.37. The van der Waals surface area contributed by atoms with Crippen LogP contribution in [0, 0.1) is 12.7 Å². The van der Waals surface area contributed by atoms with Gasteiger partial charge in [-0.25, -0.2) is 14.2 Å². The average Bonchev–Trinajstić information content (AvgIpc) is 2.72. The summed E-state index contributed by atoms with van der Waals surface area (Å²) in [5.41, 5.74) is -0.0661. The Hall–Kier alpha value is -3.40. The minimum absolute atomic E-state index is 0.00668. The normalized spacial score (nSPS) is 11.4. The van der Waals surface area contributed by atoms with Gasteiger partial charge in [0.1, 0.15) is 12.4 Å². The van der Waals surface area contributed by atoms with Crippen molar-refractivity contribution in [1.29, 1.82) is 0 Å². The second kappa shape index (κ2) is 9.17. The number of carbonyl (C=O) groups excluding carboxylic acids is 1. The zero-order chi connectivity index (χ0) is 22.6. The molecule has 31 heavy (non-hydrogen) atoms. The number of carbonyl (C=O) groups is 1. The molecule has 3 rings (SSSR count). The van der Waals surface area contributed by atoms with Crippen LogP contribution >= 0.6 is 0 Å². The van der Waals surface area contributed by atoms with Crippen LogP contribution in [0.3, 0.4) is 0 Å². The molecule has 3 aromatic rings. The molecule has 6 nitrogen and oxygen atoms in total. The summed E-state index contributed by atoms with van der Waals surface area (Å²) in [4.78, 5) is 16.3. The third-order valence-electron chi connectivity index (χ3n) is 4.34. The monoisotopic (exact) mass is 438 g/mol. The number of aromatic nitrogens is 1. The second-order valence-corrected chi connectivity index (χ2v) is 6.55. The van der Waals surface area contributed by atoms with E-state index in [1.807, 2.05) is 0 Å². The van der Waals surface area contributed by atoms with Gasteiger partial charge in [-0.1, -0.05) is 18.2 Å². The molecule has 0 spiro atoms. The molecule has 0 saturated carbocycles. The number of ether oxygens (including phenoxy) is 2. The number of benzene rings is 2. The smallest absolute Gasteiger partial charge is 0.416 e. The molecule has 0 aliphatic heterocycles. The average molecular weight is 438 g/mol. The number of hydrogen-bond acceptors (Lipinski definition) is 5. The summed E-state index contributed by atoms with van der Waals surface area (Å²) in [5.74, 6) is -0.795. The van der Waals surface area contributed by atoms with Crippen molar-refractivity contribution in [2.45, 2.75) is 19.6 Å². The maximum Gasteiger partial charge on any atom is 0.416 e. The molecule has 0 atom stereocenters. The molecule has 10 heteroatoms. The summed E-state index contributed by atoms with van der Waals surface area (Å²) in [6.45, 7) is 0.932. The molecule has 164 valence electrons. The van der Waals surface area contributed by atoms with Crippen LogP contribution in [0.5, 0.6) is 11.6 Å². The van der Waals surface area contributed by atoms with Crippen molar-refractivity contribution in [3.63, 3.8) is 0 Å². The van der Waals surface area contributed by atoms with Gasteiger partial charge in [0.15, 0.2) is 5.75 Å². The zero-order valence-corrected chi connectivity index (χ0v) is 16.3. The number of aliphatic hydroxyl groups excluding tert-OH is 1. The van der Waals surface area contributed by atoms with Crippen LogP contribution in [0.4, 0.5) is 22.4 Å². The number of fused-ring (bicyclic) bond motifs is 1. The number of hydrogen-bond donors (Lipinski definition) is 2. The first kappa shape index (κ1) is 22.3. The van der Waals surface area contributed by atoms with Gasteiger partial charge < -0.3 is 19.9 Å². The highest BCUT2D eigenvalue weighted by Gasteiger charge is 2.31. The van der Waals surface area contributed by atoms with E-state index in [4.69, 9.17) is 14.6 Å². The molecule has 0 aliphatic rings. The van der Waals surface area contributed by atoms with E-state index in [2.05, 4.69) is 10.3 Å². The van der Waals surface area contributed by atoms with Crippen molar-refractivity contribution in [3.8, 4) is 11.6 Å². The molecule has 1 aromatic heterocycles. The van der Waals surface area contributed by atoms with Crippen LogP contribution in [-0.2, 0) is 12.7 Å². The van der Waals surface area contributed by atoms with Crippen LogP contribution in [0.15, 0.2) is 42.5 Å². The number of nitrogens with one attached hydrogen (secondary N) is 1. The van der Waals surface area contributed by atoms with Crippen LogP contribution in [0.2, 0.25) is 0 Å². The molecule has 1 heterocycles. The number of aliphatic hydroxyl groups is 1. The number of alkyl halides is 3. The van der Waals surface area contributed by atoms with Crippen LogP contribution < -0.4 is 14.8 Å². The molecule has 0 fully saturated rings. The first-order valence-electron chi connectivity index (χ1n) is 9.14. The van der Waals surface area contributed by atoms with Crippen LogP contribution in [0.1, 0.15) is 16.7 Å². The lowest BCUT2D eigenvalue weighted by molar-refractivity contribution is -0.137. The van der Waals surface area contributed by atoms with Crippen LogP contribution in [-0.4, -0.2) is 29.4 Å². The van der Waals surface area contributed by atoms with Crippen molar-refractivity contribution < 1.29 is 36.9 Å².